The van der Waals surface area contributed by atoms with Crippen LogP contribution in [0.3, 0.4) is 0 Å². The first-order valence-electron chi connectivity index (χ1n) is 7.20. The number of halogens is 1. The third-order valence-electron chi connectivity index (χ3n) is 4.55. The first-order chi connectivity index (χ1) is 9.72. The lowest BCUT2D eigenvalue weighted by atomic mass is 9.78. The molecule has 1 aromatic carbocycles. The molecule has 3 nitrogen and oxygen atoms in total. The van der Waals surface area contributed by atoms with Crippen LogP contribution in [0.15, 0.2) is 18.2 Å². The molecule has 1 aliphatic rings. The maximum Gasteiger partial charge on any atom is 0.0578 e. The maximum absolute atomic E-state index is 9.47. The quantitative estimate of drug-likeness (QED) is 0.911. The fourth-order valence-corrected chi connectivity index (χ4v) is 3.64. The van der Waals surface area contributed by atoms with Crippen LogP contribution in [-0.4, -0.2) is 29.9 Å². The van der Waals surface area contributed by atoms with Crippen molar-refractivity contribution in [3.05, 3.63) is 34.5 Å². The molecule has 1 aliphatic heterocycles. The Hall–Kier alpha value is -1.03. The number of ether oxygens (including phenoxy) is 1. The number of fused-ring (bicyclic) bond motifs is 3. The lowest BCUT2D eigenvalue weighted by molar-refractivity contribution is 0.0752. The van der Waals surface area contributed by atoms with E-state index in [1.54, 1.807) is 0 Å². The number of aromatic amines is 1. The van der Waals surface area contributed by atoms with E-state index in [1.807, 2.05) is 12.1 Å². The zero-order valence-electron chi connectivity index (χ0n) is 11.7. The largest absolute Gasteiger partial charge is 0.396 e. The van der Waals surface area contributed by atoms with Gasteiger partial charge >= 0.3 is 0 Å². The van der Waals surface area contributed by atoms with Gasteiger partial charge in [0, 0.05) is 28.6 Å². The Labute approximate surface area is 123 Å². The van der Waals surface area contributed by atoms with Gasteiger partial charge in [-0.25, -0.2) is 0 Å². The molecule has 3 rings (SSSR count). The summed E-state index contributed by atoms with van der Waals surface area (Å²) in [4.78, 5) is 3.55. The van der Waals surface area contributed by atoms with Gasteiger partial charge in [0.15, 0.2) is 0 Å². The number of hydrogen-bond donors (Lipinski definition) is 2. The SMILES string of the molecule is CCC1(CCO)COCCc2c1[nH]c1cccc(Cl)c21. The Balaban J connectivity index is 2.26. The summed E-state index contributed by atoms with van der Waals surface area (Å²) in [7, 11) is 0. The number of nitrogens with one attached hydrogen (secondary N) is 1. The molecule has 20 heavy (non-hydrogen) atoms. The van der Waals surface area contributed by atoms with Gasteiger partial charge in [-0.2, -0.15) is 0 Å². The molecule has 2 aromatic rings. The Bertz CT molecular complexity index is 622. The number of rotatable bonds is 3. The van der Waals surface area contributed by atoms with Crippen LogP contribution in [0.4, 0.5) is 0 Å². The summed E-state index contributed by atoms with van der Waals surface area (Å²) in [5.41, 5.74) is 3.41. The lowest BCUT2D eigenvalue weighted by Gasteiger charge is -2.30. The van der Waals surface area contributed by atoms with Crippen molar-refractivity contribution in [1.29, 1.82) is 0 Å². The number of H-pyrrole nitrogens is 1. The minimum atomic E-state index is -0.136. The second kappa shape index (κ2) is 5.40. The van der Waals surface area contributed by atoms with Crippen molar-refractivity contribution >= 4 is 22.5 Å². The van der Waals surface area contributed by atoms with Crippen LogP contribution in [-0.2, 0) is 16.6 Å². The number of aromatic nitrogens is 1. The molecule has 0 bridgehead atoms. The molecule has 0 radical (unpaired) electrons. The van der Waals surface area contributed by atoms with Crippen molar-refractivity contribution in [3.63, 3.8) is 0 Å². The van der Waals surface area contributed by atoms with Gasteiger partial charge < -0.3 is 14.8 Å². The van der Waals surface area contributed by atoms with Crippen molar-refractivity contribution in [3.8, 4) is 0 Å². The highest BCUT2D eigenvalue weighted by atomic mass is 35.5. The maximum atomic E-state index is 9.47. The second-order valence-corrected chi connectivity index (χ2v) is 5.96. The zero-order chi connectivity index (χ0) is 14.2. The molecule has 0 aliphatic carbocycles. The average Bonchev–Trinajstić information content (AvgIpc) is 2.74. The van der Waals surface area contributed by atoms with Crippen molar-refractivity contribution in [2.45, 2.75) is 31.6 Å². The lowest BCUT2D eigenvalue weighted by Crippen LogP contribution is -2.32. The molecule has 0 saturated heterocycles. The minimum Gasteiger partial charge on any atom is -0.396 e. The highest BCUT2D eigenvalue weighted by Crippen LogP contribution is 2.41. The van der Waals surface area contributed by atoms with Crippen LogP contribution in [0.25, 0.3) is 10.9 Å². The van der Waals surface area contributed by atoms with Crippen molar-refractivity contribution < 1.29 is 9.84 Å². The Morgan fingerprint density at radius 1 is 1.45 bits per heavy atom. The zero-order valence-corrected chi connectivity index (χ0v) is 12.5. The summed E-state index contributed by atoms with van der Waals surface area (Å²) in [5.74, 6) is 0. The van der Waals surface area contributed by atoms with Crippen molar-refractivity contribution in [2.24, 2.45) is 0 Å². The van der Waals surface area contributed by atoms with E-state index in [0.717, 1.165) is 28.8 Å². The average molecular weight is 294 g/mol. The van der Waals surface area contributed by atoms with E-state index in [2.05, 4.69) is 18.0 Å². The van der Waals surface area contributed by atoms with Gasteiger partial charge in [0.05, 0.1) is 18.2 Å². The number of benzene rings is 1. The monoisotopic (exact) mass is 293 g/mol. The minimum absolute atomic E-state index is 0.136. The molecule has 2 heterocycles. The molecule has 0 spiro atoms. The summed E-state index contributed by atoms with van der Waals surface area (Å²) in [6.07, 6.45) is 2.51. The first kappa shape index (κ1) is 13.9. The molecule has 2 N–H and O–H groups in total. The molecule has 0 amide bonds. The van der Waals surface area contributed by atoms with Crippen molar-refractivity contribution in [2.75, 3.05) is 19.8 Å². The Kier molecular flexibility index (Phi) is 3.76. The molecule has 108 valence electrons. The third kappa shape index (κ3) is 2.05. The summed E-state index contributed by atoms with van der Waals surface area (Å²) in [5, 5.41) is 11.4. The summed E-state index contributed by atoms with van der Waals surface area (Å²) >= 11 is 6.39. The highest BCUT2D eigenvalue weighted by molar-refractivity contribution is 6.35. The molecule has 1 aromatic heterocycles. The second-order valence-electron chi connectivity index (χ2n) is 5.55. The Morgan fingerprint density at radius 2 is 2.30 bits per heavy atom. The van der Waals surface area contributed by atoms with Crippen LogP contribution < -0.4 is 0 Å². The van der Waals surface area contributed by atoms with E-state index in [9.17, 15) is 5.11 Å². The summed E-state index contributed by atoms with van der Waals surface area (Å²) < 4.78 is 5.81. The predicted octanol–water partition coefficient (Wildman–Crippen LogP) is 3.42. The molecular formula is C16H20ClNO2. The first-order valence-corrected chi connectivity index (χ1v) is 7.58. The number of aliphatic hydroxyl groups is 1. The smallest absolute Gasteiger partial charge is 0.0578 e. The van der Waals surface area contributed by atoms with E-state index in [4.69, 9.17) is 16.3 Å². The fraction of sp³-hybridized carbons (Fsp3) is 0.500. The fourth-order valence-electron chi connectivity index (χ4n) is 3.35. The van der Waals surface area contributed by atoms with Crippen LogP contribution >= 0.6 is 11.6 Å². The predicted molar refractivity (Wildman–Crippen MR) is 81.5 cm³/mol. The van der Waals surface area contributed by atoms with E-state index in [0.29, 0.717) is 19.6 Å². The third-order valence-corrected chi connectivity index (χ3v) is 4.86. The summed E-state index contributed by atoms with van der Waals surface area (Å²) in [6, 6.07) is 5.97. The van der Waals surface area contributed by atoms with Gasteiger partial charge in [-0.1, -0.05) is 24.6 Å². The summed E-state index contributed by atoms with van der Waals surface area (Å²) in [6.45, 7) is 3.68. The van der Waals surface area contributed by atoms with Crippen molar-refractivity contribution in [1.82, 2.24) is 4.98 Å². The molecular weight excluding hydrogens is 274 g/mol. The van der Waals surface area contributed by atoms with Gasteiger partial charge in [-0.15, -0.1) is 0 Å². The van der Waals surface area contributed by atoms with Gasteiger partial charge in [0.25, 0.3) is 0 Å². The van der Waals surface area contributed by atoms with Gasteiger partial charge in [0.1, 0.15) is 0 Å². The highest BCUT2D eigenvalue weighted by Gasteiger charge is 2.36. The van der Waals surface area contributed by atoms with Crippen LogP contribution in [0.2, 0.25) is 5.02 Å². The van der Waals surface area contributed by atoms with E-state index < -0.39 is 0 Å². The molecule has 4 heteroatoms. The van der Waals surface area contributed by atoms with E-state index in [-0.39, 0.29) is 12.0 Å². The number of aliphatic hydroxyl groups excluding tert-OH is 1. The standard InChI is InChI=1S/C16H20ClNO2/c1-2-16(7-8-19)10-20-9-6-11-14-12(17)4-3-5-13(14)18-15(11)16/h3-5,18-19H,2,6-10H2,1H3. The van der Waals surface area contributed by atoms with Gasteiger partial charge in [0.2, 0.25) is 0 Å². The van der Waals surface area contributed by atoms with Gasteiger partial charge in [-0.05, 0) is 37.0 Å². The van der Waals surface area contributed by atoms with E-state index in [1.165, 1.54) is 11.3 Å². The molecule has 0 fully saturated rings. The van der Waals surface area contributed by atoms with Gasteiger partial charge in [-0.3, -0.25) is 0 Å². The topological polar surface area (TPSA) is 45.2 Å². The molecule has 1 unspecified atom stereocenters. The Morgan fingerprint density at radius 3 is 3.05 bits per heavy atom. The number of hydrogen-bond acceptors (Lipinski definition) is 2. The normalized spacial score (nSPS) is 22.8. The molecule has 1 atom stereocenters. The molecule has 0 saturated carbocycles. The van der Waals surface area contributed by atoms with Crippen LogP contribution in [0.1, 0.15) is 31.0 Å². The van der Waals surface area contributed by atoms with Crippen LogP contribution in [0.5, 0.6) is 0 Å². The van der Waals surface area contributed by atoms with E-state index >= 15 is 0 Å². The van der Waals surface area contributed by atoms with Crippen LogP contribution in [0, 0.1) is 0 Å².